The van der Waals surface area contributed by atoms with Gasteiger partial charge in [0.05, 0.1) is 12.9 Å². The van der Waals surface area contributed by atoms with Crippen LogP contribution in [0.15, 0.2) is 12.7 Å². The number of nitrogen functional groups attached to an aromatic ring is 1. The van der Waals surface area contributed by atoms with Gasteiger partial charge in [0, 0.05) is 6.61 Å². The number of imidazole rings is 1. The van der Waals surface area contributed by atoms with Gasteiger partial charge >= 0.3 is 17.1 Å². The van der Waals surface area contributed by atoms with Crippen LogP contribution in [-0.2, 0) is 26.5 Å². The van der Waals surface area contributed by atoms with Gasteiger partial charge in [-0.3, -0.25) is 4.57 Å². The van der Waals surface area contributed by atoms with E-state index in [4.69, 9.17) is 15.2 Å². The van der Waals surface area contributed by atoms with Crippen LogP contribution < -0.4 is 5.73 Å². The Morgan fingerprint density at radius 1 is 1.00 bits per heavy atom. The quantitative estimate of drug-likeness (QED) is 0.364. The second-order valence-corrected chi connectivity index (χ2v) is 7.87. The number of aliphatic hydroxyl groups excluding tert-OH is 2. The topological polar surface area (TPSA) is 129 Å². The van der Waals surface area contributed by atoms with Gasteiger partial charge in [0.25, 0.3) is 0 Å². The number of ether oxygens (including phenoxy) is 2. The molecule has 0 amide bonds. The van der Waals surface area contributed by atoms with Crippen LogP contribution in [0.4, 0.5) is 5.82 Å². The minimum absolute atomic E-state index is 0. The molecule has 0 unspecified atom stereocenters. The fraction of sp³-hybridized carbons (Fsp3) is 0.375. The van der Waals surface area contributed by atoms with E-state index in [1.165, 1.54) is 12.2 Å². The third-order valence-electron chi connectivity index (χ3n) is 5.61. The van der Waals surface area contributed by atoms with E-state index < -0.39 is 24.5 Å². The van der Waals surface area contributed by atoms with Crippen molar-refractivity contribution in [3.63, 3.8) is 0 Å². The van der Waals surface area contributed by atoms with E-state index in [0.29, 0.717) is 17.8 Å². The maximum Gasteiger partial charge on any atom is 2.00 e. The SMILES string of the molecule is Nc1ncnc2c1ncn2[C@@H]1O[C@H](CO)[C@@H](O)[C@H]1OCCCC[C]1[CH][CH][CH][CH]1.[CH]1[CH][CH][CH][CH]1.[Fe+2]. The van der Waals surface area contributed by atoms with Crippen molar-refractivity contribution in [2.24, 2.45) is 0 Å². The van der Waals surface area contributed by atoms with Gasteiger partial charge in [0.15, 0.2) is 17.7 Å². The van der Waals surface area contributed by atoms with Gasteiger partial charge in [-0.15, -0.1) is 0 Å². The average molecular weight is 507 g/mol. The first-order chi connectivity index (χ1) is 16.2. The Labute approximate surface area is 212 Å². The number of hydrogen-bond donors (Lipinski definition) is 3. The second kappa shape index (κ2) is 13.7. The first kappa shape index (κ1) is 27.3. The Bertz CT molecular complexity index is 851. The van der Waals surface area contributed by atoms with E-state index in [-0.39, 0.29) is 29.5 Å². The van der Waals surface area contributed by atoms with Crippen molar-refractivity contribution in [2.45, 2.75) is 43.8 Å². The summed E-state index contributed by atoms with van der Waals surface area (Å²) in [5.74, 6) is 1.58. The Hall–Kier alpha value is -1.29. The van der Waals surface area contributed by atoms with E-state index >= 15 is 0 Å². The number of unbranched alkanes of at least 4 members (excludes halogenated alkanes) is 1. The monoisotopic (exact) mass is 507 g/mol. The number of anilines is 1. The van der Waals surface area contributed by atoms with Gasteiger partial charge < -0.3 is 25.4 Å². The van der Waals surface area contributed by atoms with Crippen LogP contribution in [0.25, 0.3) is 11.2 Å². The van der Waals surface area contributed by atoms with Gasteiger partial charge in [-0.2, -0.15) is 0 Å². The Morgan fingerprint density at radius 2 is 1.71 bits per heavy atom. The fourth-order valence-corrected chi connectivity index (χ4v) is 3.88. The maximum absolute atomic E-state index is 10.6. The molecule has 4 N–H and O–H groups in total. The summed E-state index contributed by atoms with van der Waals surface area (Å²) in [6.07, 6.45) is 21.0. The zero-order valence-electron chi connectivity index (χ0n) is 18.6. The van der Waals surface area contributed by atoms with Gasteiger partial charge in [-0.25, -0.2) is 15.0 Å². The molecule has 2 aliphatic carbocycles. The van der Waals surface area contributed by atoms with Crippen molar-refractivity contribution < 1.29 is 36.8 Å². The molecule has 10 heteroatoms. The number of fused-ring (bicyclic) bond motifs is 1. The van der Waals surface area contributed by atoms with Gasteiger partial charge in [-0.1, -0.05) is 6.42 Å². The van der Waals surface area contributed by atoms with E-state index in [1.54, 1.807) is 10.9 Å². The molecule has 34 heavy (non-hydrogen) atoms. The predicted octanol–water partition coefficient (Wildman–Crippen LogP) is 1.64. The average Bonchev–Trinajstić information content (AvgIpc) is 3.63. The van der Waals surface area contributed by atoms with E-state index in [9.17, 15) is 10.2 Å². The van der Waals surface area contributed by atoms with Crippen LogP contribution in [0.2, 0.25) is 0 Å². The first-order valence-electron chi connectivity index (χ1n) is 11.1. The maximum atomic E-state index is 10.6. The molecular weight excluding hydrogens is 478 g/mol. The van der Waals surface area contributed by atoms with Crippen molar-refractivity contribution >= 4 is 17.0 Å². The molecule has 3 fully saturated rings. The first-order valence-corrected chi connectivity index (χ1v) is 11.1. The largest absolute Gasteiger partial charge is 2.00 e. The summed E-state index contributed by atoms with van der Waals surface area (Å²) in [4.78, 5) is 12.4. The molecular formula is C24H29FeN5O4+2. The smallest absolute Gasteiger partial charge is 0.394 e. The van der Waals surface area contributed by atoms with Crippen molar-refractivity contribution in [3.8, 4) is 0 Å². The molecule has 3 aliphatic rings. The third kappa shape index (κ3) is 6.68. The van der Waals surface area contributed by atoms with Gasteiger partial charge in [-0.05, 0) is 76.5 Å². The number of nitrogens with two attached hydrogens (primary N) is 1. The van der Waals surface area contributed by atoms with Crippen LogP contribution >= 0.6 is 0 Å². The molecule has 0 spiro atoms. The standard InChI is InChI=1S/C19H24N5O4.C5H5.Fe/c20-17-14-18(22-10-21-17)24(11-23-14)19-16(15(26)13(9-25)28-19)27-8-4-3-7-12-5-1-2-6-12;1-2-4-5-3-1;/h1-2,5-6,10-11,13,15-16,19,25-26H,3-4,7-9H2,(H2,20,21,22);1-5H;/q;;+2/t13-,15-,16-,19-;;/m1../s1. The van der Waals surface area contributed by atoms with Crippen molar-refractivity contribution in [1.29, 1.82) is 0 Å². The molecule has 180 valence electrons. The Balaban J connectivity index is 0.000000481. The molecule has 2 aromatic heterocycles. The van der Waals surface area contributed by atoms with Crippen LogP contribution in [0.3, 0.4) is 0 Å². The summed E-state index contributed by atoms with van der Waals surface area (Å²) >= 11 is 0. The number of aromatic nitrogens is 4. The Morgan fingerprint density at radius 3 is 2.38 bits per heavy atom. The number of hydrogen-bond acceptors (Lipinski definition) is 8. The molecule has 0 aromatic carbocycles. The second-order valence-electron chi connectivity index (χ2n) is 7.87. The molecule has 4 atom stereocenters. The van der Waals surface area contributed by atoms with E-state index in [0.717, 1.165) is 19.3 Å². The number of rotatable bonds is 8. The molecule has 10 radical (unpaired) electrons. The molecule has 9 nitrogen and oxygen atoms in total. The summed E-state index contributed by atoms with van der Waals surface area (Å²) in [6, 6.07) is 0. The summed E-state index contributed by atoms with van der Waals surface area (Å²) in [5.41, 5.74) is 6.80. The predicted molar refractivity (Wildman–Crippen MR) is 122 cm³/mol. The van der Waals surface area contributed by atoms with Crippen molar-refractivity contribution in [2.75, 3.05) is 18.9 Å². The number of aliphatic hydroxyl groups is 2. The zero-order chi connectivity index (χ0) is 23.0. The third-order valence-corrected chi connectivity index (χ3v) is 5.61. The van der Waals surface area contributed by atoms with Crippen LogP contribution in [-0.4, -0.2) is 61.3 Å². The summed E-state index contributed by atoms with van der Waals surface area (Å²) < 4.78 is 13.5. The molecule has 3 heterocycles. The molecule has 0 bridgehead atoms. The van der Waals surface area contributed by atoms with Gasteiger partial charge in [0.1, 0.15) is 30.2 Å². The van der Waals surface area contributed by atoms with Crippen LogP contribution in [0.1, 0.15) is 25.5 Å². The molecule has 2 aromatic rings. The van der Waals surface area contributed by atoms with Gasteiger partial charge in [0.2, 0.25) is 0 Å². The van der Waals surface area contributed by atoms with Crippen LogP contribution in [0, 0.1) is 63.7 Å². The summed E-state index contributed by atoms with van der Waals surface area (Å²) in [7, 11) is 0. The Kier molecular flexibility index (Phi) is 11.0. The zero-order valence-corrected chi connectivity index (χ0v) is 19.7. The minimum atomic E-state index is -0.957. The summed E-state index contributed by atoms with van der Waals surface area (Å²) in [6.45, 7) is 0.169. The molecule has 1 aliphatic heterocycles. The van der Waals surface area contributed by atoms with E-state index in [2.05, 4.69) is 27.8 Å². The normalized spacial score (nSPS) is 27.0. The minimum Gasteiger partial charge on any atom is -0.394 e. The van der Waals surface area contributed by atoms with E-state index in [1.807, 2.05) is 44.9 Å². The number of nitrogens with zero attached hydrogens (tertiary/aromatic N) is 4. The summed E-state index contributed by atoms with van der Waals surface area (Å²) in [5, 5.41) is 20.1. The van der Waals surface area contributed by atoms with Crippen molar-refractivity contribution in [3.05, 3.63) is 76.4 Å². The molecule has 1 saturated heterocycles. The fourth-order valence-electron chi connectivity index (χ4n) is 3.88. The van der Waals surface area contributed by atoms with Crippen molar-refractivity contribution in [1.82, 2.24) is 19.5 Å². The molecule has 2 saturated carbocycles. The van der Waals surface area contributed by atoms with Crippen LogP contribution in [0.5, 0.6) is 0 Å². The molecule has 5 rings (SSSR count).